The van der Waals surface area contributed by atoms with Crippen molar-refractivity contribution in [2.75, 3.05) is 0 Å². The van der Waals surface area contributed by atoms with Gasteiger partial charge in [-0.2, -0.15) is 0 Å². The fraction of sp³-hybridized carbons (Fsp3) is 0.136. The van der Waals surface area contributed by atoms with E-state index in [4.69, 9.17) is 0 Å². The van der Waals surface area contributed by atoms with Crippen molar-refractivity contribution in [2.45, 2.75) is 19.5 Å². The summed E-state index contributed by atoms with van der Waals surface area (Å²) < 4.78 is 11.9. The predicted molar refractivity (Wildman–Crippen MR) is 102 cm³/mol. The zero-order valence-corrected chi connectivity index (χ0v) is 15.2. The molecule has 3 rings (SSSR count). The molecule has 0 aromatic heterocycles. The molecule has 0 spiro atoms. The second-order valence-electron chi connectivity index (χ2n) is 6.10. The largest absolute Gasteiger partial charge is 0.289 e. The highest BCUT2D eigenvalue weighted by atomic mass is 31.1. The van der Waals surface area contributed by atoms with E-state index < -0.39 is 0 Å². The van der Waals surface area contributed by atoms with E-state index in [0.717, 1.165) is 27.8 Å². The number of carbonyl (C=O) groups is 1. The van der Waals surface area contributed by atoms with Crippen molar-refractivity contribution in [3.63, 3.8) is 0 Å². The highest BCUT2D eigenvalue weighted by Crippen LogP contribution is 2.37. The third kappa shape index (κ3) is 3.45. The lowest BCUT2D eigenvalue weighted by Crippen LogP contribution is -2.10. The van der Waals surface area contributed by atoms with Crippen LogP contribution in [0.15, 0.2) is 72.8 Å². The van der Waals surface area contributed by atoms with Crippen LogP contribution in [0.2, 0.25) is 0 Å². The van der Waals surface area contributed by atoms with Gasteiger partial charge in [-0.1, -0.05) is 72.8 Å². The smallest absolute Gasteiger partial charge is 0.193 e. The van der Waals surface area contributed by atoms with Gasteiger partial charge in [-0.15, -0.1) is 0 Å². The van der Waals surface area contributed by atoms with E-state index in [1.165, 1.54) is 0 Å². The molecule has 0 bridgehead atoms. The van der Waals surface area contributed by atoms with Crippen LogP contribution in [0.25, 0.3) is 0 Å². The first-order valence-electron chi connectivity index (χ1n) is 8.20. The van der Waals surface area contributed by atoms with E-state index in [1.807, 2.05) is 86.6 Å². The minimum absolute atomic E-state index is 0.0178. The molecule has 0 heterocycles. The van der Waals surface area contributed by atoms with Gasteiger partial charge < -0.3 is 0 Å². The number of benzene rings is 3. The Bertz CT molecular complexity index is 896. The Balaban J connectivity index is 2.13. The van der Waals surface area contributed by atoms with Crippen LogP contribution in [0.3, 0.4) is 0 Å². The molecule has 0 saturated heterocycles. The third-order valence-electron chi connectivity index (χ3n) is 4.43. The van der Waals surface area contributed by atoms with Crippen LogP contribution in [-0.4, -0.2) is 5.78 Å². The Hall–Kier alpha value is -2.57. The molecule has 0 aliphatic carbocycles. The maximum atomic E-state index is 13.3. The molecule has 3 aromatic rings. The summed E-state index contributed by atoms with van der Waals surface area (Å²) in [6, 6.07) is 23.0. The average molecular weight is 346 g/mol. The monoisotopic (exact) mass is 346 g/mol. The van der Waals surface area contributed by atoms with Crippen LogP contribution in [0.1, 0.15) is 43.8 Å². The van der Waals surface area contributed by atoms with Gasteiger partial charge in [0.1, 0.15) is 0 Å². The lowest BCUT2D eigenvalue weighted by molar-refractivity contribution is 0.103. The summed E-state index contributed by atoms with van der Waals surface area (Å²) in [5.41, 5.74) is 4.61. The Morgan fingerprint density at radius 3 is 2.04 bits per heavy atom. The summed E-state index contributed by atoms with van der Waals surface area (Å²) in [7, 11) is -0.0241. The van der Waals surface area contributed by atoms with Crippen LogP contribution >= 0.6 is 8.46 Å². The molecule has 124 valence electrons. The third-order valence-corrected chi connectivity index (χ3v) is 5.22. The van der Waals surface area contributed by atoms with Crippen LogP contribution in [0.5, 0.6) is 0 Å². The standard InChI is InChI=1S/C22H19O2P/c1-15-9-8-10-16(2)20(15)21(23)18-13-6-7-14-19(18)22(25-24)17-11-4-3-5-12-17/h3-14,22H,1-2H3. The molecule has 1 atom stereocenters. The van der Waals surface area contributed by atoms with Gasteiger partial charge in [0.05, 0.1) is 5.66 Å². The van der Waals surface area contributed by atoms with Crippen molar-refractivity contribution in [2.24, 2.45) is 0 Å². The first kappa shape index (κ1) is 17.3. The summed E-state index contributed by atoms with van der Waals surface area (Å²) in [6.07, 6.45) is 0. The second-order valence-corrected chi connectivity index (χ2v) is 6.83. The Morgan fingerprint density at radius 1 is 0.800 bits per heavy atom. The topological polar surface area (TPSA) is 34.1 Å². The Kier molecular flexibility index (Phi) is 5.21. The first-order chi connectivity index (χ1) is 12.1. The van der Waals surface area contributed by atoms with Gasteiger partial charge in [0.15, 0.2) is 14.2 Å². The van der Waals surface area contributed by atoms with Crippen molar-refractivity contribution < 1.29 is 9.36 Å². The molecule has 1 unspecified atom stereocenters. The van der Waals surface area contributed by atoms with Gasteiger partial charge in [-0.25, -0.2) is 0 Å². The van der Waals surface area contributed by atoms with Crippen LogP contribution in [0.4, 0.5) is 0 Å². The summed E-state index contributed by atoms with van der Waals surface area (Å²) in [4.78, 5) is 13.3. The fourth-order valence-corrected chi connectivity index (χ4v) is 3.81. The molecule has 25 heavy (non-hydrogen) atoms. The number of carbonyl (C=O) groups excluding carboxylic acids is 1. The summed E-state index contributed by atoms with van der Waals surface area (Å²) >= 11 is 0. The van der Waals surface area contributed by atoms with Crippen molar-refractivity contribution >= 4 is 14.2 Å². The molecule has 0 fully saturated rings. The molecule has 3 heteroatoms. The summed E-state index contributed by atoms with van der Waals surface area (Å²) in [6.45, 7) is 3.90. The molecule has 2 nitrogen and oxygen atoms in total. The maximum Gasteiger partial charge on any atom is 0.193 e. The van der Waals surface area contributed by atoms with Crippen molar-refractivity contribution in [3.05, 3.63) is 106 Å². The molecule has 3 aromatic carbocycles. The zero-order chi connectivity index (χ0) is 17.8. The van der Waals surface area contributed by atoms with Crippen molar-refractivity contribution in [1.29, 1.82) is 0 Å². The Labute approximate surface area is 149 Å². The zero-order valence-electron chi connectivity index (χ0n) is 14.3. The van der Waals surface area contributed by atoms with Crippen LogP contribution < -0.4 is 0 Å². The highest BCUT2D eigenvalue weighted by molar-refractivity contribution is 7.24. The van der Waals surface area contributed by atoms with Crippen LogP contribution in [-0.2, 0) is 4.57 Å². The summed E-state index contributed by atoms with van der Waals surface area (Å²) in [5, 5.41) is 0. The SMILES string of the molecule is Cc1cccc(C)c1C(=O)c1ccccc1C(P=O)c1ccccc1. The van der Waals surface area contributed by atoms with Crippen molar-refractivity contribution in [1.82, 2.24) is 0 Å². The minimum Gasteiger partial charge on any atom is -0.289 e. The first-order valence-corrected chi connectivity index (χ1v) is 9.09. The molecule has 0 saturated carbocycles. The predicted octanol–water partition coefficient (Wildman–Crippen LogP) is 5.92. The number of aryl methyl sites for hydroxylation is 2. The van der Waals surface area contributed by atoms with E-state index in [1.54, 1.807) is 0 Å². The molecule has 0 N–H and O–H groups in total. The van der Waals surface area contributed by atoms with Gasteiger partial charge in [0, 0.05) is 11.1 Å². The van der Waals surface area contributed by atoms with E-state index >= 15 is 0 Å². The summed E-state index contributed by atoms with van der Waals surface area (Å²) in [5.74, 6) is -0.0178. The van der Waals surface area contributed by atoms with Gasteiger partial charge in [-0.05, 0) is 36.1 Å². The van der Waals surface area contributed by atoms with Gasteiger partial charge in [0.2, 0.25) is 0 Å². The fourth-order valence-electron chi connectivity index (χ4n) is 3.18. The van der Waals surface area contributed by atoms with Crippen LogP contribution in [0, 0.1) is 13.8 Å². The van der Waals surface area contributed by atoms with Gasteiger partial charge in [0.25, 0.3) is 0 Å². The lowest BCUT2D eigenvalue weighted by atomic mass is 9.90. The van der Waals surface area contributed by atoms with E-state index in [0.29, 0.717) is 5.56 Å². The lowest BCUT2D eigenvalue weighted by Gasteiger charge is -2.16. The number of hydrogen-bond donors (Lipinski definition) is 0. The van der Waals surface area contributed by atoms with E-state index in [9.17, 15) is 9.36 Å². The molecular weight excluding hydrogens is 327 g/mol. The number of hydrogen-bond acceptors (Lipinski definition) is 2. The number of rotatable bonds is 5. The second kappa shape index (κ2) is 7.55. The Morgan fingerprint density at radius 2 is 1.40 bits per heavy atom. The van der Waals surface area contributed by atoms with E-state index in [2.05, 4.69) is 0 Å². The number of ketones is 1. The van der Waals surface area contributed by atoms with E-state index in [-0.39, 0.29) is 19.9 Å². The minimum atomic E-state index is -0.356. The van der Waals surface area contributed by atoms with Gasteiger partial charge >= 0.3 is 0 Å². The van der Waals surface area contributed by atoms with Gasteiger partial charge in [-0.3, -0.25) is 9.36 Å². The molecule has 0 radical (unpaired) electrons. The van der Waals surface area contributed by atoms with Crippen molar-refractivity contribution in [3.8, 4) is 0 Å². The maximum absolute atomic E-state index is 13.3. The normalized spacial score (nSPS) is 12.1. The molecule has 0 amide bonds. The molecule has 0 aliphatic heterocycles. The molecule has 0 aliphatic rings. The average Bonchev–Trinajstić information content (AvgIpc) is 2.63. The molecular formula is C22H19O2P. The quantitative estimate of drug-likeness (QED) is 0.425. The highest BCUT2D eigenvalue weighted by Gasteiger charge is 2.23.